The first-order chi connectivity index (χ1) is 7.63. The summed E-state index contributed by atoms with van der Waals surface area (Å²) < 4.78 is 5.31. The summed E-state index contributed by atoms with van der Waals surface area (Å²) >= 11 is 0. The van der Waals surface area contributed by atoms with Gasteiger partial charge in [0.2, 0.25) is 0 Å². The third-order valence-electron chi connectivity index (χ3n) is 1.92. The predicted molar refractivity (Wildman–Crippen MR) is 62.5 cm³/mol. The highest BCUT2D eigenvalue weighted by atomic mass is 16.5. The van der Waals surface area contributed by atoms with Crippen LogP contribution in [0.25, 0.3) is 0 Å². The summed E-state index contributed by atoms with van der Waals surface area (Å²) in [5.41, 5.74) is 8.67. The molecule has 0 bridgehead atoms. The minimum absolute atomic E-state index is 0.635. The van der Waals surface area contributed by atoms with Crippen LogP contribution in [-0.2, 0) is 0 Å². The number of carbonyl (C=O) groups is 1. The fraction of sp³-hybridized carbons (Fsp3) is 0.273. The number of urea groups is 1. The van der Waals surface area contributed by atoms with Gasteiger partial charge in [0.05, 0.1) is 12.3 Å². The summed E-state index contributed by atoms with van der Waals surface area (Å²) in [6.45, 7) is 4.35. The molecule has 0 spiro atoms. The summed E-state index contributed by atoms with van der Waals surface area (Å²) in [6, 6.07) is 6.76. The number of hydrogen-bond acceptors (Lipinski definition) is 3. The second-order valence-corrected chi connectivity index (χ2v) is 3.13. The predicted octanol–water partition coefficient (Wildman–Crippen LogP) is 1.48. The Morgan fingerprint density at radius 3 is 2.56 bits per heavy atom. The van der Waals surface area contributed by atoms with E-state index in [2.05, 4.69) is 10.5 Å². The SMILES string of the molecule is CCOc1ccc(/C(C)=N\NC(N)=O)cc1. The molecule has 2 amide bonds. The molecule has 0 aliphatic heterocycles. The number of nitrogens with zero attached hydrogens (tertiary/aromatic N) is 1. The number of hydrazone groups is 1. The highest BCUT2D eigenvalue weighted by Gasteiger charge is 1.98. The lowest BCUT2D eigenvalue weighted by atomic mass is 10.1. The Balaban J connectivity index is 2.73. The molecule has 1 aromatic rings. The summed E-state index contributed by atoms with van der Waals surface area (Å²) in [5.74, 6) is 0.807. The lowest BCUT2D eigenvalue weighted by Gasteiger charge is -2.04. The van der Waals surface area contributed by atoms with Gasteiger partial charge in [0.1, 0.15) is 5.75 Å². The molecular weight excluding hydrogens is 206 g/mol. The Labute approximate surface area is 94.3 Å². The molecule has 86 valence electrons. The lowest BCUT2D eigenvalue weighted by Crippen LogP contribution is -2.25. The summed E-state index contributed by atoms with van der Waals surface area (Å²) in [7, 11) is 0. The van der Waals surface area contributed by atoms with Crippen molar-refractivity contribution in [2.45, 2.75) is 13.8 Å². The molecule has 0 fully saturated rings. The van der Waals surface area contributed by atoms with Gasteiger partial charge in [-0.05, 0) is 43.7 Å². The van der Waals surface area contributed by atoms with Gasteiger partial charge in [0.15, 0.2) is 0 Å². The number of rotatable bonds is 4. The first-order valence-electron chi connectivity index (χ1n) is 4.96. The maximum absolute atomic E-state index is 10.5. The van der Waals surface area contributed by atoms with Crippen LogP contribution < -0.4 is 15.9 Å². The molecule has 5 heteroatoms. The first kappa shape index (κ1) is 12.0. The largest absolute Gasteiger partial charge is 0.494 e. The lowest BCUT2D eigenvalue weighted by molar-refractivity contribution is 0.249. The van der Waals surface area contributed by atoms with Gasteiger partial charge >= 0.3 is 6.03 Å². The van der Waals surface area contributed by atoms with E-state index >= 15 is 0 Å². The van der Waals surface area contributed by atoms with E-state index in [-0.39, 0.29) is 0 Å². The molecule has 0 saturated heterocycles. The molecule has 0 aromatic heterocycles. The Hall–Kier alpha value is -2.04. The number of amides is 2. The van der Waals surface area contributed by atoms with Crippen molar-refractivity contribution in [3.63, 3.8) is 0 Å². The van der Waals surface area contributed by atoms with E-state index < -0.39 is 6.03 Å². The maximum atomic E-state index is 10.5. The van der Waals surface area contributed by atoms with E-state index in [0.29, 0.717) is 12.3 Å². The fourth-order valence-corrected chi connectivity index (χ4v) is 1.16. The van der Waals surface area contributed by atoms with Crippen molar-refractivity contribution in [1.29, 1.82) is 0 Å². The zero-order valence-electron chi connectivity index (χ0n) is 9.36. The molecule has 5 nitrogen and oxygen atoms in total. The van der Waals surface area contributed by atoms with Gasteiger partial charge in [0, 0.05) is 0 Å². The van der Waals surface area contributed by atoms with Crippen LogP contribution in [0.4, 0.5) is 4.79 Å². The van der Waals surface area contributed by atoms with E-state index in [1.807, 2.05) is 31.2 Å². The van der Waals surface area contributed by atoms with Crippen LogP contribution in [0.15, 0.2) is 29.4 Å². The minimum Gasteiger partial charge on any atom is -0.494 e. The third-order valence-corrected chi connectivity index (χ3v) is 1.92. The van der Waals surface area contributed by atoms with Crippen LogP contribution in [0.2, 0.25) is 0 Å². The van der Waals surface area contributed by atoms with Gasteiger partial charge in [-0.15, -0.1) is 0 Å². The van der Waals surface area contributed by atoms with Crippen molar-refractivity contribution >= 4 is 11.7 Å². The molecule has 0 aliphatic carbocycles. The Bertz CT molecular complexity index is 385. The molecular formula is C11H15N3O2. The number of ether oxygens (including phenoxy) is 1. The zero-order valence-corrected chi connectivity index (χ0v) is 9.36. The average Bonchev–Trinajstić information content (AvgIpc) is 2.27. The molecule has 1 rings (SSSR count). The zero-order chi connectivity index (χ0) is 12.0. The maximum Gasteiger partial charge on any atom is 0.332 e. The molecule has 0 unspecified atom stereocenters. The molecule has 0 heterocycles. The number of benzene rings is 1. The van der Waals surface area contributed by atoms with Crippen LogP contribution >= 0.6 is 0 Å². The van der Waals surface area contributed by atoms with Crippen molar-refractivity contribution in [3.8, 4) is 5.75 Å². The van der Waals surface area contributed by atoms with E-state index in [9.17, 15) is 4.79 Å². The van der Waals surface area contributed by atoms with Crippen LogP contribution in [0, 0.1) is 0 Å². The minimum atomic E-state index is -0.676. The quantitative estimate of drug-likeness (QED) is 0.596. The van der Waals surface area contributed by atoms with Crippen molar-refractivity contribution < 1.29 is 9.53 Å². The third kappa shape index (κ3) is 3.61. The Morgan fingerprint density at radius 2 is 2.06 bits per heavy atom. The van der Waals surface area contributed by atoms with E-state index in [1.54, 1.807) is 6.92 Å². The highest BCUT2D eigenvalue weighted by Crippen LogP contribution is 2.12. The second kappa shape index (κ2) is 5.75. The topological polar surface area (TPSA) is 76.7 Å². The van der Waals surface area contributed by atoms with Gasteiger partial charge in [-0.2, -0.15) is 5.10 Å². The first-order valence-corrected chi connectivity index (χ1v) is 4.96. The highest BCUT2D eigenvalue weighted by molar-refractivity contribution is 5.99. The normalized spacial score (nSPS) is 11.0. The van der Waals surface area contributed by atoms with E-state index in [0.717, 1.165) is 11.3 Å². The number of primary amides is 1. The summed E-state index contributed by atoms with van der Waals surface area (Å²) in [5, 5.41) is 3.82. The van der Waals surface area contributed by atoms with Crippen molar-refractivity contribution in [2.75, 3.05) is 6.61 Å². The van der Waals surface area contributed by atoms with Gasteiger partial charge < -0.3 is 10.5 Å². The van der Waals surface area contributed by atoms with Gasteiger partial charge in [-0.3, -0.25) is 0 Å². The summed E-state index contributed by atoms with van der Waals surface area (Å²) in [4.78, 5) is 10.5. The molecule has 3 N–H and O–H groups in total. The van der Waals surface area contributed by atoms with Crippen LogP contribution in [0.3, 0.4) is 0 Å². The monoisotopic (exact) mass is 221 g/mol. The van der Waals surface area contributed by atoms with E-state index in [1.165, 1.54) is 0 Å². The van der Waals surface area contributed by atoms with Gasteiger partial charge in [-0.1, -0.05) is 0 Å². The molecule has 0 radical (unpaired) electrons. The van der Waals surface area contributed by atoms with Crippen molar-refractivity contribution in [1.82, 2.24) is 5.43 Å². The number of nitrogens with one attached hydrogen (secondary N) is 1. The average molecular weight is 221 g/mol. The molecule has 0 aliphatic rings. The Morgan fingerprint density at radius 1 is 1.44 bits per heavy atom. The van der Waals surface area contributed by atoms with Crippen LogP contribution in [-0.4, -0.2) is 18.3 Å². The van der Waals surface area contributed by atoms with E-state index in [4.69, 9.17) is 10.5 Å². The number of nitrogens with two attached hydrogens (primary N) is 1. The second-order valence-electron chi connectivity index (χ2n) is 3.13. The van der Waals surface area contributed by atoms with Gasteiger partial charge in [0.25, 0.3) is 0 Å². The number of carbonyl (C=O) groups excluding carboxylic acids is 1. The van der Waals surface area contributed by atoms with Gasteiger partial charge in [-0.25, -0.2) is 10.2 Å². The standard InChI is InChI=1S/C11H15N3O2/c1-3-16-10-6-4-9(5-7-10)8(2)13-14-11(12)15/h4-7H,3H2,1-2H3,(H3,12,14,15)/b13-8-. The fourth-order valence-electron chi connectivity index (χ4n) is 1.16. The molecule has 0 atom stereocenters. The molecule has 16 heavy (non-hydrogen) atoms. The number of hydrogen-bond donors (Lipinski definition) is 2. The molecule has 1 aromatic carbocycles. The molecule has 0 saturated carbocycles. The smallest absolute Gasteiger partial charge is 0.332 e. The van der Waals surface area contributed by atoms with Crippen LogP contribution in [0.5, 0.6) is 5.75 Å². The summed E-state index contributed by atoms with van der Waals surface area (Å²) in [6.07, 6.45) is 0. The van der Waals surface area contributed by atoms with Crippen molar-refractivity contribution in [2.24, 2.45) is 10.8 Å². The van der Waals surface area contributed by atoms with Crippen molar-refractivity contribution in [3.05, 3.63) is 29.8 Å². The van der Waals surface area contributed by atoms with Crippen LogP contribution in [0.1, 0.15) is 19.4 Å². The Kier molecular flexibility index (Phi) is 4.32.